The van der Waals surface area contributed by atoms with Crippen LogP contribution in [0.1, 0.15) is 6.42 Å². The van der Waals surface area contributed by atoms with Crippen LogP contribution in [-0.2, 0) is 4.79 Å². The van der Waals surface area contributed by atoms with Gasteiger partial charge in [-0.05, 0) is 12.1 Å². The lowest BCUT2D eigenvalue weighted by Crippen LogP contribution is -2.15. The second kappa shape index (κ2) is 6.45. The van der Waals surface area contributed by atoms with Gasteiger partial charge < -0.3 is 10.1 Å². The highest BCUT2D eigenvalue weighted by Gasteiger charge is 2.05. The number of H-pyrrole nitrogens is 1. The number of carbonyl (C=O) groups excluding carboxylic acids is 1. The van der Waals surface area contributed by atoms with E-state index in [1.165, 1.54) is 0 Å². The van der Waals surface area contributed by atoms with Crippen molar-refractivity contribution in [1.29, 1.82) is 0 Å². The number of aromatic nitrogens is 2. The minimum Gasteiger partial charge on any atom is -0.493 e. The third kappa shape index (κ3) is 4.15. The minimum absolute atomic E-state index is 0.163. The van der Waals surface area contributed by atoms with E-state index in [4.69, 9.17) is 27.9 Å². The van der Waals surface area contributed by atoms with Crippen LogP contribution in [-0.4, -0.2) is 22.7 Å². The number of benzene rings is 1. The molecule has 0 atom stereocenters. The Hall–Kier alpha value is -1.72. The van der Waals surface area contributed by atoms with Gasteiger partial charge in [-0.3, -0.25) is 9.89 Å². The van der Waals surface area contributed by atoms with E-state index >= 15 is 0 Å². The predicted molar refractivity (Wildman–Crippen MR) is 73.8 cm³/mol. The Morgan fingerprint density at radius 1 is 1.32 bits per heavy atom. The van der Waals surface area contributed by atoms with Gasteiger partial charge in [-0.15, -0.1) is 0 Å². The summed E-state index contributed by atoms with van der Waals surface area (Å²) < 4.78 is 5.40. The first-order chi connectivity index (χ1) is 9.15. The van der Waals surface area contributed by atoms with E-state index in [9.17, 15) is 4.79 Å². The number of carbonyl (C=O) groups is 1. The lowest BCUT2D eigenvalue weighted by Gasteiger charge is -2.07. The van der Waals surface area contributed by atoms with Crippen molar-refractivity contribution < 1.29 is 9.53 Å². The predicted octanol–water partition coefficient (Wildman–Crippen LogP) is 3.12. The van der Waals surface area contributed by atoms with E-state index < -0.39 is 0 Å². The second-order valence-corrected chi connectivity index (χ2v) is 4.51. The van der Waals surface area contributed by atoms with Crippen LogP contribution in [0.5, 0.6) is 5.75 Å². The van der Waals surface area contributed by atoms with Crippen LogP contribution in [0.25, 0.3) is 0 Å². The Balaban J connectivity index is 1.76. The number of nitrogens with zero attached hydrogens (tertiary/aromatic N) is 1. The molecular formula is C12H11Cl2N3O2. The van der Waals surface area contributed by atoms with Crippen LogP contribution in [0.4, 0.5) is 5.82 Å². The first-order valence-corrected chi connectivity index (χ1v) is 6.28. The molecule has 0 unspecified atom stereocenters. The van der Waals surface area contributed by atoms with Crippen LogP contribution < -0.4 is 10.1 Å². The third-order valence-electron chi connectivity index (χ3n) is 2.26. The average Bonchev–Trinajstić information content (AvgIpc) is 2.86. The summed E-state index contributed by atoms with van der Waals surface area (Å²) in [6.45, 7) is 0.248. The summed E-state index contributed by atoms with van der Waals surface area (Å²) in [4.78, 5) is 11.5. The van der Waals surface area contributed by atoms with Crippen molar-refractivity contribution in [2.24, 2.45) is 0 Å². The minimum atomic E-state index is -0.163. The fraction of sp³-hybridized carbons (Fsp3) is 0.167. The van der Waals surface area contributed by atoms with E-state index in [1.54, 1.807) is 30.5 Å². The molecule has 0 bridgehead atoms. The monoisotopic (exact) mass is 299 g/mol. The molecule has 1 aromatic heterocycles. The van der Waals surface area contributed by atoms with Crippen molar-refractivity contribution in [3.05, 3.63) is 40.5 Å². The molecule has 0 saturated carbocycles. The molecule has 2 aromatic rings. The maximum Gasteiger partial charge on any atom is 0.228 e. The molecule has 5 nitrogen and oxygen atoms in total. The first kappa shape index (κ1) is 13.7. The van der Waals surface area contributed by atoms with Crippen molar-refractivity contribution in [3.8, 4) is 5.75 Å². The maximum atomic E-state index is 11.5. The van der Waals surface area contributed by atoms with Gasteiger partial charge in [0, 0.05) is 12.1 Å². The highest BCUT2D eigenvalue weighted by atomic mass is 35.5. The molecular weight excluding hydrogens is 289 g/mol. The molecule has 1 aromatic carbocycles. The zero-order valence-electron chi connectivity index (χ0n) is 9.82. The lowest BCUT2D eigenvalue weighted by atomic mass is 10.3. The van der Waals surface area contributed by atoms with E-state index in [0.717, 1.165) is 0 Å². The number of hydrogen-bond acceptors (Lipinski definition) is 3. The Labute approximate surface area is 119 Å². The number of rotatable bonds is 5. The molecule has 1 amide bonds. The molecule has 7 heteroatoms. The molecule has 0 saturated heterocycles. The summed E-state index contributed by atoms with van der Waals surface area (Å²) in [5.41, 5.74) is 0. The number of nitrogens with one attached hydrogen (secondary N) is 2. The standard InChI is InChI=1S/C12H11Cl2N3O2/c13-9-2-1-8(7-10(9)14)19-6-4-12(18)16-11-3-5-15-17-11/h1-3,5,7H,4,6H2,(H2,15,16,17,18). The number of hydrogen-bond donors (Lipinski definition) is 2. The van der Waals surface area contributed by atoms with Gasteiger partial charge in [-0.2, -0.15) is 5.10 Å². The number of aromatic amines is 1. The van der Waals surface area contributed by atoms with Gasteiger partial charge in [-0.1, -0.05) is 23.2 Å². The molecule has 0 spiro atoms. The van der Waals surface area contributed by atoms with E-state index in [-0.39, 0.29) is 18.9 Å². The van der Waals surface area contributed by atoms with Gasteiger partial charge in [0.25, 0.3) is 0 Å². The topological polar surface area (TPSA) is 67.0 Å². The fourth-order valence-electron chi connectivity index (χ4n) is 1.37. The quantitative estimate of drug-likeness (QED) is 0.891. The molecule has 0 aliphatic carbocycles. The summed E-state index contributed by atoms with van der Waals surface area (Å²) in [6, 6.07) is 6.61. The van der Waals surface area contributed by atoms with Crippen molar-refractivity contribution >= 4 is 34.9 Å². The zero-order chi connectivity index (χ0) is 13.7. The highest BCUT2D eigenvalue weighted by molar-refractivity contribution is 6.42. The molecule has 0 radical (unpaired) electrons. The van der Waals surface area contributed by atoms with Crippen LogP contribution >= 0.6 is 23.2 Å². The molecule has 0 aliphatic rings. The van der Waals surface area contributed by atoms with Gasteiger partial charge in [-0.25, -0.2) is 0 Å². The van der Waals surface area contributed by atoms with Crippen molar-refractivity contribution in [2.45, 2.75) is 6.42 Å². The first-order valence-electron chi connectivity index (χ1n) is 5.52. The average molecular weight is 300 g/mol. The fourth-order valence-corrected chi connectivity index (χ4v) is 1.65. The molecule has 100 valence electrons. The summed E-state index contributed by atoms with van der Waals surface area (Å²) in [5, 5.41) is 9.88. The lowest BCUT2D eigenvalue weighted by molar-refractivity contribution is -0.116. The number of ether oxygens (including phenoxy) is 1. The Morgan fingerprint density at radius 3 is 2.84 bits per heavy atom. The smallest absolute Gasteiger partial charge is 0.228 e. The van der Waals surface area contributed by atoms with Crippen LogP contribution in [0.2, 0.25) is 10.0 Å². The molecule has 0 aliphatic heterocycles. The molecule has 2 N–H and O–H groups in total. The van der Waals surface area contributed by atoms with E-state index in [1.807, 2.05) is 0 Å². The normalized spacial score (nSPS) is 10.2. The van der Waals surface area contributed by atoms with Crippen LogP contribution in [0.15, 0.2) is 30.5 Å². The van der Waals surface area contributed by atoms with Gasteiger partial charge in [0.1, 0.15) is 11.6 Å². The summed E-state index contributed by atoms with van der Waals surface area (Å²) in [7, 11) is 0. The van der Waals surface area contributed by atoms with Gasteiger partial charge in [0.05, 0.1) is 29.3 Å². The third-order valence-corrected chi connectivity index (χ3v) is 3.00. The Bertz CT molecular complexity index is 558. The maximum absolute atomic E-state index is 11.5. The summed E-state index contributed by atoms with van der Waals surface area (Å²) in [5.74, 6) is 0.965. The van der Waals surface area contributed by atoms with Gasteiger partial charge >= 0.3 is 0 Å². The van der Waals surface area contributed by atoms with Crippen molar-refractivity contribution in [2.75, 3.05) is 11.9 Å². The number of halogens is 2. The summed E-state index contributed by atoms with van der Waals surface area (Å²) in [6.07, 6.45) is 1.78. The van der Waals surface area contributed by atoms with E-state index in [2.05, 4.69) is 15.5 Å². The Kier molecular flexibility index (Phi) is 4.65. The molecule has 0 fully saturated rings. The number of anilines is 1. The van der Waals surface area contributed by atoms with Crippen LogP contribution in [0.3, 0.4) is 0 Å². The largest absolute Gasteiger partial charge is 0.493 e. The zero-order valence-corrected chi connectivity index (χ0v) is 11.3. The second-order valence-electron chi connectivity index (χ2n) is 3.69. The van der Waals surface area contributed by atoms with Gasteiger partial charge in [0.15, 0.2) is 0 Å². The Morgan fingerprint density at radius 2 is 2.16 bits per heavy atom. The van der Waals surface area contributed by atoms with Crippen LogP contribution in [0, 0.1) is 0 Å². The SMILES string of the molecule is O=C(CCOc1ccc(Cl)c(Cl)c1)Nc1ccn[nH]1. The van der Waals surface area contributed by atoms with Crippen molar-refractivity contribution in [1.82, 2.24) is 10.2 Å². The molecule has 2 rings (SSSR count). The molecule has 19 heavy (non-hydrogen) atoms. The van der Waals surface area contributed by atoms with Gasteiger partial charge in [0.2, 0.25) is 5.91 Å². The molecule has 1 heterocycles. The number of amides is 1. The highest BCUT2D eigenvalue weighted by Crippen LogP contribution is 2.26. The summed E-state index contributed by atoms with van der Waals surface area (Å²) >= 11 is 11.6. The van der Waals surface area contributed by atoms with E-state index in [0.29, 0.717) is 21.6 Å². The van der Waals surface area contributed by atoms with Crippen molar-refractivity contribution in [3.63, 3.8) is 0 Å².